The van der Waals surface area contributed by atoms with Gasteiger partial charge in [0.25, 0.3) is 0 Å². The van der Waals surface area contributed by atoms with E-state index < -0.39 is 12.1 Å². The molecule has 0 saturated heterocycles. The van der Waals surface area contributed by atoms with Crippen LogP contribution in [0.25, 0.3) is 0 Å². The van der Waals surface area contributed by atoms with Gasteiger partial charge in [-0.2, -0.15) is 0 Å². The molecular formula is C31H61NO4. The van der Waals surface area contributed by atoms with E-state index in [2.05, 4.69) is 13.8 Å². The maximum absolute atomic E-state index is 12.1. The van der Waals surface area contributed by atoms with E-state index >= 15 is 0 Å². The highest BCUT2D eigenvalue weighted by atomic mass is 16.5. The van der Waals surface area contributed by atoms with Gasteiger partial charge in [-0.15, -0.1) is 0 Å². The summed E-state index contributed by atoms with van der Waals surface area (Å²) in [5.74, 6) is -0.534. The van der Waals surface area contributed by atoms with Gasteiger partial charge < -0.3 is 19.1 Å². The van der Waals surface area contributed by atoms with Crippen LogP contribution in [0.4, 0.5) is 0 Å². The lowest BCUT2D eigenvalue weighted by Crippen LogP contribution is -2.45. The van der Waals surface area contributed by atoms with Gasteiger partial charge in [-0.25, -0.2) is 0 Å². The van der Waals surface area contributed by atoms with Crippen molar-refractivity contribution in [3.05, 3.63) is 0 Å². The molecule has 2 atom stereocenters. The second kappa shape index (κ2) is 23.0. The van der Waals surface area contributed by atoms with E-state index in [1.807, 2.05) is 21.1 Å². The Bertz CT molecular complexity index is 529. The summed E-state index contributed by atoms with van der Waals surface area (Å²) >= 11 is 0. The Kier molecular flexibility index (Phi) is 22.3. The van der Waals surface area contributed by atoms with E-state index in [9.17, 15) is 14.7 Å². The van der Waals surface area contributed by atoms with Crippen molar-refractivity contribution in [2.24, 2.45) is 5.92 Å². The quantitative estimate of drug-likeness (QED) is 0.0699. The number of carboxylic acids is 1. The number of rotatable bonds is 26. The maximum atomic E-state index is 12.1. The fourth-order valence-corrected chi connectivity index (χ4v) is 4.96. The lowest BCUT2D eigenvalue weighted by atomic mass is 9.96. The predicted octanol–water partition coefficient (Wildman–Crippen LogP) is 7.20. The van der Waals surface area contributed by atoms with Crippen LogP contribution >= 0.6 is 0 Å². The summed E-state index contributed by atoms with van der Waals surface area (Å²) in [6, 6.07) is 0. The van der Waals surface area contributed by atoms with Crippen molar-refractivity contribution in [2.45, 2.75) is 155 Å². The number of aliphatic carboxylic acids is 1. The Hall–Kier alpha value is -1.10. The summed E-state index contributed by atoms with van der Waals surface area (Å²) in [6.07, 6.45) is 24.6. The minimum absolute atomic E-state index is 0.236. The van der Waals surface area contributed by atoms with Crippen LogP contribution in [0.5, 0.6) is 0 Å². The van der Waals surface area contributed by atoms with Crippen molar-refractivity contribution in [1.82, 2.24) is 0 Å². The fraction of sp³-hybridized carbons (Fsp3) is 0.935. The number of carbonyl (C=O) groups excluding carboxylic acids is 2. The summed E-state index contributed by atoms with van der Waals surface area (Å²) in [5, 5.41) is 10.9. The van der Waals surface area contributed by atoms with Crippen molar-refractivity contribution in [2.75, 3.05) is 27.7 Å². The van der Waals surface area contributed by atoms with Crippen molar-refractivity contribution in [3.63, 3.8) is 0 Å². The van der Waals surface area contributed by atoms with E-state index in [-0.39, 0.29) is 12.4 Å². The number of esters is 1. The molecule has 0 bridgehead atoms. The Balaban J connectivity index is 3.47. The first-order chi connectivity index (χ1) is 17.1. The van der Waals surface area contributed by atoms with Gasteiger partial charge in [0.05, 0.1) is 21.1 Å². The number of carboxylic acid groups (broad SMARTS) is 1. The maximum Gasteiger partial charge on any atom is 0.306 e. The second-order valence-corrected chi connectivity index (χ2v) is 12.3. The molecule has 0 saturated carbocycles. The highest BCUT2D eigenvalue weighted by Crippen LogP contribution is 2.18. The number of hydrogen-bond acceptors (Lipinski definition) is 4. The van der Waals surface area contributed by atoms with E-state index in [0.29, 0.717) is 17.4 Å². The van der Waals surface area contributed by atoms with Crippen molar-refractivity contribution in [1.29, 1.82) is 0 Å². The molecule has 0 amide bonds. The smallest absolute Gasteiger partial charge is 0.306 e. The molecule has 0 aromatic rings. The van der Waals surface area contributed by atoms with Crippen LogP contribution in [0.3, 0.4) is 0 Å². The van der Waals surface area contributed by atoms with E-state index in [1.54, 1.807) is 0 Å². The first-order valence-electron chi connectivity index (χ1n) is 15.3. The van der Waals surface area contributed by atoms with Gasteiger partial charge >= 0.3 is 5.97 Å². The Morgan fingerprint density at radius 3 is 1.53 bits per heavy atom. The molecule has 0 aromatic heterocycles. The van der Waals surface area contributed by atoms with Gasteiger partial charge in [0.15, 0.2) is 6.10 Å². The summed E-state index contributed by atoms with van der Waals surface area (Å²) in [4.78, 5) is 23.0. The molecule has 5 nitrogen and oxygen atoms in total. The highest BCUT2D eigenvalue weighted by molar-refractivity contribution is 5.70. The van der Waals surface area contributed by atoms with Crippen LogP contribution in [0, 0.1) is 5.92 Å². The van der Waals surface area contributed by atoms with Gasteiger partial charge in [-0.05, 0) is 12.3 Å². The molecule has 214 valence electrons. The van der Waals surface area contributed by atoms with Crippen LogP contribution in [-0.4, -0.2) is 50.2 Å². The average molecular weight is 512 g/mol. The molecule has 36 heavy (non-hydrogen) atoms. The molecular weight excluding hydrogens is 450 g/mol. The molecule has 0 aliphatic carbocycles. The first-order valence-corrected chi connectivity index (χ1v) is 15.3. The van der Waals surface area contributed by atoms with Crippen LogP contribution in [0.15, 0.2) is 0 Å². The molecule has 5 heteroatoms. The van der Waals surface area contributed by atoms with Gasteiger partial charge in [0.2, 0.25) is 0 Å². The molecule has 0 fully saturated rings. The minimum atomic E-state index is -1.17. The molecule has 0 aromatic carbocycles. The third-order valence-electron chi connectivity index (χ3n) is 7.07. The average Bonchev–Trinajstić information content (AvgIpc) is 2.77. The number of ether oxygens (including phenoxy) is 1. The SMILES string of the molecule is CCCCCC(C)CCCCCCCCCCCCCCCCC(=O)OC(CC(=O)[O-])C[N+](C)(C)C. The van der Waals surface area contributed by atoms with Crippen LogP contribution in [-0.2, 0) is 14.3 Å². The molecule has 0 radical (unpaired) electrons. The van der Waals surface area contributed by atoms with Crippen molar-refractivity contribution < 1.29 is 23.9 Å². The normalized spacial score (nSPS) is 13.5. The summed E-state index contributed by atoms with van der Waals surface area (Å²) < 4.78 is 5.95. The fourth-order valence-electron chi connectivity index (χ4n) is 4.96. The Morgan fingerprint density at radius 2 is 1.11 bits per heavy atom. The van der Waals surface area contributed by atoms with Crippen LogP contribution in [0.2, 0.25) is 0 Å². The number of likely N-dealkylation sites (N-methyl/N-ethyl adjacent to an activating group) is 1. The monoisotopic (exact) mass is 511 g/mol. The van der Waals surface area contributed by atoms with Crippen molar-refractivity contribution in [3.8, 4) is 0 Å². The van der Waals surface area contributed by atoms with Crippen LogP contribution in [0.1, 0.15) is 149 Å². The lowest BCUT2D eigenvalue weighted by molar-refractivity contribution is -0.873. The molecule has 0 aliphatic rings. The third kappa shape index (κ3) is 26.0. The molecule has 0 N–H and O–H groups in total. The predicted molar refractivity (Wildman–Crippen MR) is 150 cm³/mol. The standard InChI is InChI=1S/C31H61NO4/c1-6-7-20-23-28(2)24-21-18-16-14-12-10-8-9-11-13-15-17-19-22-25-31(35)36-29(26-30(33)34)27-32(3,4)5/h28-29H,6-27H2,1-5H3. The summed E-state index contributed by atoms with van der Waals surface area (Å²) in [6.45, 7) is 5.19. The zero-order valence-corrected chi connectivity index (χ0v) is 24.8. The van der Waals surface area contributed by atoms with Gasteiger partial charge in [0, 0.05) is 18.8 Å². The lowest BCUT2D eigenvalue weighted by Gasteiger charge is -2.29. The largest absolute Gasteiger partial charge is 0.550 e. The Morgan fingerprint density at radius 1 is 0.694 bits per heavy atom. The zero-order chi connectivity index (χ0) is 27.1. The van der Waals surface area contributed by atoms with Gasteiger partial charge in [0.1, 0.15) is 6.54 Å². The number of unbranched alkanes of at least 4 members (excludes halogenated alkanes) is 15. The van der Waals surface area contributed by atoms with Crippen molar-refractivity contribution >= 4 is 11.9 Å². The number of carbonyl (C=O) groups is 2. The first kappa shape index (κ1) is 34.9. The summed E-state index contributed by atoms with van der Waals surface area (Å²) in [7, 11) is 5.86. The summed E-state index contributed by atoms with van der Waals surface area (Å²) in [5.41, 5.74) is 0. The molecule has 2 unspecified atom stereocenters. The number of hydrogen-bond donors (Lipinski definition) is 0. The van der Waals surface area contributed by atoms with Gasteiger partial charge in [-0.1, -0.05) is 129 Å². The topological polar surface area (TPSA) is 66.4 Å². The number of quaternary nitrogens is 1. The number of nitrogens with zero attached hydrogens (tertiary/aromatic N) is 1. The van der Waals surface area contributed by atoms with Gasteiger partial charge in [-0.3, -0.25) is 4.79 Å². The minimum Gasteiger partial charge on any atom is -0.550 e. The van der Waals surface area contributed by atoms with Crippen LogP contribution < -0.4 is 5.11 Å². The highest BCUT2D eigenvalue weighted by Gasteiger charge is 2.22. The van der Waals surface area contributed by atoms with E-state index in [0.717, 1.165) is 25.2 Å². The molecule has 0 spiro atoms. The second-order valence-electron chi connectivity index (χ2n) is 12.3. The molecule has 0 rings (SSSR count). The van der Waals surface area contributed by atoms with E-state index in [1.165, 1.54) is 103 Å². The zero-order valence-electron chi connectivity index (χ0n) is 24.8. The van der Waals surface area contributed by atoms with E-state index in [4.69, 9.17) is 4.74 Å². The Labute approximate surface area is 224 Å². The molecule has 0 aliphatic heterocycles. The third-order valence-corrected chi connectivity index (χ3v) is 7.07. The molecule has 0 heterocycles.